The van der Waals surface area contributed by atoms with Gasteiger partial charge in [0.15, 0.2) is 0 Å². The van der Waals surface area contributed by atoms with E-state index in [9.17, 15) is 0 Å². The van der Waals surface area contributed by atoms with Gasteiger partial charge in [0, 0.05) is 23.1 Å². The average Bonchev–Trinajstić information content (AvgIpc) is 2.73. The van der Waals surface area contributed by atoms with Gasteiger partial charge in [0.25, 0.3) is 0 Å². The number of hydrogen-bond donors (Lipinski definition) is 1. The van der Waals surface area contributed by atoms with Crippen LogP contribution in [0.4, 0.5) is 0 Å². The maximum Gasteiger partial charge on any atom is 0.0256 e. The normalized spacial score (nSPS) is 43.3. The number of rotatable bonds is 3. The molecular formula is C11H21NS2. The molecule has 0 amide bonds. The van der Waals surface area contributed by atoms with E-state index in [0.29, 0.717) is 4.75 Å². The molecule has 2 heterocycles. The van der Waals surface area contributed by atoms with E-state index in [1.165, 1.54) is 36.6 Å². The van der Waals surface area contributed by atoms with Crippen LogP contribution in [0.25, 0.3) is 0 Å². The highest BCUT2D eigenvalue weighted by atomic mass is 32.2. The topological polar surface area (TPSA) is 12.0 Å². The predicted molar refractivity (Wildman–Crippen MR) is 68.4 cm³/mol. The minimum Gasteiger partial charge on any atom is -0.311 e. The van der Waals surface area contributed by atoms with Gasteiger partial charge in [-0.3, -0.25) is 0 Å². The van der Waals surface area contributed by atoms with E-state index in [2.05, 4.69) is 42.7 Å². The monoisotopic (exact) mass is 231 g/mol. The van der Waals surface area contributed by atoms with Crippen LogP contribution in [0.1, 0.15) is 26.7 Å². The average molecular weight is 231 g/mol. The molecule has 0 aromatic carbocycles. The van der Waals surface area contributed by atoms with Gasteiger partial charge < -0.3 is 5.32 Å². The fourth-order valence-electron chi connectivity index (χ4n) is 2.24. The first-order valence-electron chi connectivity index (χ1n) is 5.65. The fraction of sp³-hybridized carbons (Fsp3) is 1.00. The summed E-state index contributed by atoms with van der Waals surface area (Å²) < 4.78 is 0.535. The van der Waals surface area contributed by atoms with Crippen molar-refractivity contribution in [2.75, 3.05) is 23.8 Å². The van der Waals surface area contributed by atoms with Crippen LogP contribution in [0.2, 0.25) is 0 Å². The molecule has 0 aromatic rings. The Morgan fingerprint density at radius 1 is 1.43 bits per heavy atom. The molecular weight excluding hydrogens is 210 g/mol. The highest BCUT2D eigenvalue weighted by Crippen LogP contribution is 2.37. The summed E-state index contributed by atoms with van der Waals surface area (Å²) in [6.45, 7) is 6.01. The van der Waals surface area contributed by atoms with Gasteiger partial charge in [0.05, 0.1) is 0 Å². The molecule has 2 aliphatic heterocycles. The van der Waals surface area contributed by atoms with Crippen molar-refractivity contribution in [2.24, 2.45) is 5.92 Å². The largest absolute Gasteiger partial charge is 0.311 e. The number of thioether (sulfide) groups is 2. The van der Waals surface area contributed by atoms with Gasteiger partial charge in [-0.2, -0.15) is 23.5 Å². The van der Waals surface area contributed by atoms with Gasteiger partial charge in [0.1, 0.15) is 0 Å². The Kier molecular flexibility index (Phi) is 3.72. The van der Waals surface area contributed by atoms with Crippen LogP contribution in [-0.2, 0) is 0 Å². The van der Waals surface area contributed by atoms with Gasteiger partial charge in [-0.1, -0.05) is 6.92 Å². The second-order valence-corrected chi connectivity index (χ2v) is 7.66. The Balaban J connectivity index is 1.75. The van der Waals surface area contributed by atoms with Crippen LogP contribution in [0.5, 0.6) is 0 Å². The lowest BCUT2D eigenvalue weighted by molar-refractivity contribution is 0.422. The van der Waals surface area contributed by atoms with E-state index in [0.717, 1.165) is 12.0 Å². The molecule has 3 atom stereocenters. The molecule has 82 valence electrons. The molecule has 3 heteroatoms. The lowest BCUT2D eigenvalue weighted by Crippen LogP contribution is -2.42. The summed E-state index contributed by atoms with van der Waals surface area (Å²) in [6, 6.07) is 0.776. The highest BCUT2D eigenvalue weighted by Gasteiger charge is 2.31. The third-order valence-electron chi connectivity index (χ3n) is 3.40. The Labute approximate surface area is 96.2 Å². The first kappa shape index (κ1) is 11.2. The van der Waals surface area contributed by atoms with Crippen LogP contribution >= 0.6 is 23.5 Å². The molecule has 2 saturated heterocycles. The third kappa shape index (κ3) is 2.61. The standard InChI is InChI=1S/C11H21NS2/c1-9-6-13-7-10(9)12-8-11(2)4-3-5-14-11/h9-10,12H,3-8H2,1-2H3. The molecule has 2 aliphatic rings. The van der Waals surface area contributed by atoms with E-state index < -0.39 is 0 Å². The zero-order chi connectivity index (χ0) is 10.0. The number of hydrogen-bond acceptors (Lipinski definition) is 3. The van der Waals surface area contributed by atoms with Crippen molar-refractivity contribution >= 4 is 23.5 Å². The Morgan fingerprint density at radius 3 is 2.86 bits per heavy atom. The van der Waals surface area contributed by atoms with Crippen LogP contribution in [-0.4, -0.2) is 34.6 Å². The predicted octanol–water partition coefficient (Wildman–Crippen LogP) is 2.61. The molecule has 0 aromatic heterocycles. The van der Waals surface area contributed by atoms with Crippen molar-refractivity contribution < 1.29 is 0 Å². The van der Waals surface area contributed by atoms with Crippen molar-refractivity contribution in [1.82, 2.24) is 5.32 Å². The molecule has 0 bridgehead atoms. The summed E-state index contributed by atoms with van der Waals surface area (Å²) in [5.74, 6) is 4.91. The van der Waals surface area contributed by atoms with E-state index in [1.807, 2.05) is 0 Å². The van der Waals surface area contributed by atoms with Gasteiger partial charge in [-0.15, -0.1) is 0 Å². The molecule has 0 radical (unpaired) electrons. The smallest absolute Gasteiger partial charge is 0.0256 e. The van der Waals surface area contributed by atoms with Gasteiger partial charge in [-0.05, 0) is 37.2 Å². The quantitative estimate of drug-likeness (QED) is 0.802. The van der Waals surface area contributed by atoms with E-state index >= 15 is 0 Å². The third-order valence-corrected chi connectivity index (χ3v) is 6.30. The molecule has 14 heavy (non-hydrogen) atoms. The summed E-state index contributed by atoms with van der Waals surface area (Å²) in [4.78, 5) is 0. The number of nitrogens with one attached hydrogen (secondary N) is 1. The first-order chi connectivity index (χ1) is 6.70. The molecule has 2 rings (SSSR count). The summed E-state index contributed by atoms with van der Waals surface area (Å²) in [5.41, 5.74) is 0. The van der Waals surface area contributed by atoms with Gasteiger partial charge in [0.2, 0.25) is 0 Å². The van der Waals surface area contributed by atoms with Crippen molar-refractivity contribution in [1.29, 1.82) is 0 Å². The molecule has 2 fully saturated rings. The second-order valence-electron chi connectivity index (χ2n) is 4.90. The lowest BCUT2D eigenvalue weighted by Gasteiger charge is -2.26. The van der Waals surface area contributed by atoms with E-state index in [-0.39, 0.29) is 0 Å². The maximum atomic E-state index is 3.77. The lowest BCUT2D eigenvalue weighted by atomic mass is 10.0. The fourth-order valence-corrected chi connectivity index (χ4v) is 4.94. The molecule has 1 N–H and O–H groups in total. The van der Waals surface area contributed by atoms with Crippen LogP contribution in [0.15, 0.2) is 0 Å². The van der Waals surface area contributed by atoms with Gasteiger partial charge in [-0.25, -0.2) is 0 Å². The Bertz CT molecular complexity index is 190. The first-order valence-corrected chi connectivity index (χ1v) is 7.79. The molecule has 1 nitrogen and oxygen atoms in total. The minimum absolute atomic E-state index is 0.535. The molecule has 0 saturated carbocycles. The second kappa shape index (κ2) is 4.67. The van der Waals surface area contributed by atoms with Crippen molar-refractivity contribution in [2.45, 2.75) is 37.5 Å². The summed E-state index contributed by atoms with van der Waals surface area (Å²) >= 11 is 4.26. The maximum absolute atomic E-state index is 3.77. The molecule has 0 aliphatic carbocycles. The van der Waals surface area contributed by atoms with Crippen LogP contribution < -0.4 is 5.32 Å². The van der Waals surface area contributed by atoms with Gasteiger partial charge >= 0.3 is 0 Å². The Hall–Kier alpha value is 0.660. The Morgan fingerprint density at radius 2 is 2.29 bits per heavy atom. The molecule has 3 unspecified atom stereocenters. The van der Waals surface area contributed by atoms with Crippen LogP contribution in [0, 0.1) is 5.92 Å². The van der Waals surface area contributed by atoms with E-state index in [4.69, 9.17) is 0 Å². The molecule has 0 spiro atoms. The zero-order valence-electron chi connectivity index (χ0n) is 9.21. The summed E-state index contributed by atoms with van der Waals surface area (Å²) in [5, 5.41) is 3.77. The summed E-state index contributed by atoms with van der Waals surface area (Å²) in [7, 11) is 0. The van der Waals surface area contributed by atoms with Crippen molar-refractivity contribution in [3.63, 3.8) is 0 Å². The zero-order valence-corrected chi connectivity index (χ0v) is 10.8. The van der Waals surface area contributed by atoms with Crippen molar-refractivity contribution in [3.05, 3.63) is 0 Å². The summed E-state index contributed by atoms with van der Waals surface area (Å²) in [6.07, 6.45) is 2.82. The van der Waals surface area contributed by atoms with E-state index in [1.54, 1.807) is 0 Å². The van der Waals surface area contributed by atoms with Crippen LogP contribution in [0.3, 0.4) is 0 Å². The highest BCUT2D eigenvalue weighted by molar-refractivity contribution is 8.00. The SMILES string of the molecule is CC1CSCC1NCC1(C)CCCS1. The minimum atomic E-state index is 0.535. The van der Waals surface area contributed by atoms with Crippen molar-refractivity contribution in [3.8, 4) is 0 Å².